The molecular weight excluding hydrogens is 400 g/mol. The predicted molar refractivity (Wildman–Crippen MR) is 126 cm³/mol. The Balaban J connectivity index is 1.64. The maximum atomic E-state index is 13.2. The second kappa shape index (κ2) is 9.69. The maximum absolute atomic E-state index is 13.2. The number of carbonyl (C=O) groups is 2. The number of amides is 2. The standard InChI is InChI=1S/C27H28N2O3/c1-28-16-17-29(27(31)20-10-4-3-5-11-20)19-22(26(28)30)18-21-12-6-7-13-23(21)24-14-8-9-15-25(24)32-2/h3-15,22H,16-19H2,1-2H3/t22-/m0/s1. The lowest BCUT2D eigenvalue weighted by Crippen LogP contribution is -2.37. The number of likely N-dealkylation sites (N-methyl/N-ethyl adjacent to an activating group) is 1. The molecule has 5 heteroatoms. The molecule has 2 amide bonds. The van der Waals surface area contributed by atoms with Gasteiger partial charge in [-0.15, -0.1) is 0 Å². The van der Waals surface area contributed by atoms with Crippen LogP contribution in [0.15, 0.2) is 78.9 Å². The van der Waals surface area contributed by atoms with Gasteiger partial charge in [-0.1, -0.05) is 60.7 Å². The van der Waals surface area contributed by atoms with E-state index in [1.807, 2.05) is 78.7 Å². The molecule has 3 aromatic rings. The molecule has 0 aromatic heterocycles. The van der Waals surface area contributed by atoms with Crippen LogP contribution >= 0.6 is 0 Å². The molecule has 0 radical (unpaired) electrons. The number of methoxy groups -OCH3 is 1. The lowest BCUT2D eigenvalue weighted by Gasteiger charge is -2.24. The summed E-state index contributed by atoms with van der Waals surface area (Å²) in [6.45, 7) is 1.46. The smallest absolute Gasteiger partial charge is 0.253 e. The summed E-state index contributed by atoms with van der Waals surface area (Å²) in [4.78, 5) is 29.9. The largest absolute Gasteiger partial charge is 0.496 e. The number of ether oxygens (including phenoxy) is 1. The molecule has 1 aliphatic rings. The van der Waals surface area contributed by atoms with Crippen molar-refractivity contribution in [2.45, 2.75) is 6.42 Å². The van der Waals surface area contributed by atoms with Crippen molar-refractivity contribution in [3.63, 3.8) is 0 Å². The highest BCUT2D eigenvalue weighted by molar-refractivity contribution is 5.95. The minimum Gasteiger partial charge on any atom is -0.496 e. The Hall–Kier alpha value is -3.60. The molecule has 164 valence electrons. The van der Waals surface area contributed by atoms with Gasteiger partial charge in [-0.05, 0) is 35.7 Å². The van der Waals surface area contributed by atoms with Crippen LogP contribution in [0.3, 0.4) is 0 Å². The summed E-state index contributed by atoms with van der Waals surface area (Å²) < 4.78 is 5.57. The van der Waals surface area contributed by atoms with E-state index in [0.29, 0.717) is 31.6 Å². The average Bonchev–Trinajstić information content (AvgIpc) is 2.98. The van der Waals surface area contributed by atoms with E-state index in [9.17, 15) is 9.59 Å². The Morgan fingerprint density at radius 1 is 0.906 bits per heavy atom. The Morgan fingerprint density at radius 3 is 2.31 bits per heavy atom. The number of carbonyl (C=O) groups excluding carboxylic acids is 2. The number of hydrogen-bond acceptors (Lipinski definition) is 3. The van der Waals surface area contributed by atoms with E-state index in [2.05, 4.69) is 12.1 Å². The van der Waals surface area contributed by atoms with E-state index < -0.39 is 0 Å². The van der Waals surface area contributed by atoms with E-state index in [1.165, 1.54) is 0 Å². The fourth-order valence-electron chi connectivity index (χ4n) is 4.32. The van der Waals surface area contributed by atoms with Crippen LogP contribution in [0, 0.1) is 5.92 Å². The van der Waals surface area contributed by atoms with Crippen molar-refractivity contribution < 1.29 is 14.3 Å². The van der Waals surface area contributed by atoms with Gasteiger partial charge in [0.15, 0.2) is 0 Å². The van der Waals surface area contributed by atoms with E-state index >= 15 is 0 Å². The van der Waals surface area contributed by atoms with Crippen LogP contribution in [-0.2, 0) is 11.2 Å². The van der Waals surface area contributed by atoms with Crippen molar-refractivity contribution in [2.24, 2.45) is 5.92 Å². The lowest BCUT2D eigenvalue weighted by atomic mass is 9.91. The Labute approximate surface area is 189 Å². The molecule has 1 saturated heterocycles. The first kappa shape index (κ1) is 21.6. The summed E-state index contributed by atoms with van der Waals surface area (Å²) in [5.74, 6) is 0.524. The third-order valence-corrected chi connectivity index (χ3v) is 6.06. The molecule has 5 nitrogen and oxygen atoms in total. The number of nitrogens with zero attached hydrogens (tertiary/aromatic N) is 2. The van der Waals surface area contributed by atoms with Gasteiger partial charge >= 0.3 is 0 Å². The molecule has 0 bridgehead atoms. The Bertz CT molecular complexity index is 1100. The molecule has 0 unspecified atom stereocenters. The van der Waals surface area contributed by atoms with Crippen LogP contribution in [0.25, 0.3) is 11.1 Å². The van der Waals surface area contributed by atoms with Crippen molar-refractivity contribution in [1.29, 1.82) is 0 Å². The third-order valence-electron chi connectivity index (χ3n) is 6.06. The average molecular weight is 429 g/mol. The number of benzene rings is 3. The topological polar surface area (TPSA) is 49.9 Å². The highest BCUT2D eigenvalue weighted by Gasteiger charge is 2.31. The van der Waals surface area contributed by atoms with Crippen LogP contribution in [0.5, 0.6) is 5.75 Å². The monoisotopic (exact) mass is 428 g/mol. The molecular formula is C27H28N2O3. The van der Waals surface area contributed by atoms with Crippen LogP contribution in [0.1, 0.15) is 15.9 Å². The van der Waals surface area contributed by atoms with E-state index in [4.69, 9.17) is 4.74 Å². The number of para-hydroxylation sites is 1. The zero-order chi connectivity index (χ0) is 22.5. The Kier molecular flexibility index (Phi) is 6.55. The molecule has 0 saturated carbocycles. The number of hydrogen-bond donors (Lipinski definition) is 0. The third kappa shape index (κ3) is 4.52. The van der Waals surface area contributed by atoms with Crippen LogP contribution in [0.2, 0.25) is 0 Å². The molecule has 32 heavy (non-hydrogen) atoms. The first-order valence-electron chi connectivity index (χ1n) is 10.9. The van der Waals surface area contributed by atoms with Crippen molar-refractivity contribution in [1.82, 2.24) is 9.80 Å². The molecule has 4 rings (SSSR count). The zero-order valence-corrected chi connectivity index (χ0v) is 18.5. The van der Waals surface area contributed by atoms with Crippen LogP contribution in [-0.4, -0.2) is 55.4 Å². The molecule has 1 aliphatic heterocycles. The minimum atomic E-state index is -0.314. The van der Waals surface area contributed by atoms with Gasteiger partial charge in [0.25, 0.3) is 5.91 Å². The van der Waals surface area contributed by atoms with Gasteiger partial charge in [0.05, 0.1) is 13.0 Å². The first-order chi connectivity index (χ1) is 15.6. The van der Waals surface area contributed by atoms with E-state index in [-0.39, 0.29) is 17.7 Å². The van der Waals surface area contributed by atoms with Gasteiger partial charge in [-0.25, -0.2) is 0 Å². The SMILES string of the molecule is COc1ccccc1-c1ccccc1C[C@H]1CN(C(=O)c2ccccc2)CCN(C)C1=O. The quantitative estimate of drug-likeness (QED) is 0.614. The molecule has 1 heterocycles. The Morgan fingerprint density at radius 2 is 1.56 bits per heavy atom. The lowest BCUT2D eigenvalue weighted by molar-refractivity contribution is -0.133. The van der Waals surface area contributed by atoms with Crippen molar-refractivity contribution in [2.75, 3.05) is 33.8 Å². The van der Waals surface area contributed by atoms with E-state index in [1.54, 1.807) is 12.0 Å². The molecule has 0 N–H and O–H groups in total. The van der Waals surface area contributed by atoms with Crippen molar-refractivity contribution >= 4 is 11.8 Å². The molecule has 3 aromatic carbocycles. The van der Waals surface area contributed by atoms with Gasteiger partial charge in [0, 0.05) is 37.8 Å². The first-order valence-corrected chi connectivity index (χ1v) is 10.9. The van der Waals surface area contributed by atoms with Crippen molar-refractivity contribution in [3.8, 4) is 16.9 Å². The summed E-state index contributed by atoms with van der Waals surface area (Å²) in [6.07, 6.45) is 0.552. The summed E-state index contributed by atoms with van der Waals surface area (Å²) in [7, 11) is 3.48. The van der Waals surface area contributed by atoms with Gasteiger partial charge < -0.3 is 14.5 Å². The second-order valence-corrected chi connectivity index (χ2v) is 8.14. The fourth-order valence-corrected chi connectivity index (χ4v) is 4.32. The van der Waals surface area contributed by atoms with Crippen LogP contribution in [0.4, 0.5) is 0 Å². The summed E-state index contributed by atoms with van der Waals surface area (Å²) >= 11 is 0. The summed E-state index contributed by atoms with van der Waals surface area (Å²) in [5.41, 5.74) is 3.76. The fraction of sp³-hybridized carbons (Fsp3) is 0.259. The highest BCUT2D eigenvalue weighted by Crippen LogP contribution is 2.33. The minimum absolute atomic E-state index is 0.0308. The zero-order valence-electron chi connectivity index (χ0n) is 18.5. The maximum Gasteiger partial charge on any atom is 0.253 e. The van der Waals surface area contributed by atoms with Gasteiger partial charge in [0.2, 0.25) is 5.91 Å². The molecule has 1 fully saturated rings. The van der Waals surface area contributed by atoms with Gasteiger partial charge in [-0.2, -0.15) is 0 Å². The van der Waals surface area contributed by atoms with E-state index in [0.717, 1.165) is 22.4 Å². The van der Waals surface area contributed by atoms with Gasteiger partial charge in [0.1, 0.15) is 5.75 Å². The summed E-state index contributed by atoms with van der Waals surface area (Å²) in [6, 6.07) is 25.3. The number of rotatable bonds is 5. The summed E-state index contributed by atoms with van der Waals surface area (Å²) in [5, 5.41) is 0. The molecule has 0 aliphatic carbocycles. The molecule has 1 atom stereocenters. The molecule has 0 spiro atoms. The second-order valence-electron chi connectivity index (χ2n) is 8.14. The van der Waals surface area contributed by atoms with Crippen molar-refractivity contribution in [3.05, 3.63) is 90.0 Å². The normalized spacial score (nSPS) is 16.6. The highest BCUT2D eigenvalue weighted by atomic mass is 16.5. The van der Waals surface area contributed by atoms with Crippen LogP contribution < -0.4 is 4.74 Å². The van der Waals surface area contributed by atoms with Gasteiger partial charge in [-0.3, -0.25) is 9.59 Å². The predicted octanol–water partition coefficient (Wildman–Crippen LogP) is 4.14.